The molecule has 0 atom stereocenters. The minimum Gasteiger partial charge on any atom is -0.454 e. The lowest BCUT2D eigenvalue weighted by Crippen LogP contribution is -2.16. The number of aryl methyl sites for hydroxylation is 1. The zero-order valence-electron chi connectivity index (χ0n) is 13.5. The quantitative estimate of drug-likeness (QED) is 0.733. The van der Waals surface area contributed by atoms with Gasteiger partial charge in [-0.05, 0) is 42.8 Å². The monoisotopic (exact) mass is 323 g/mol. The average molecular weight is 323 g/mol. The van der Waals surface area contributed by atoms with E-state index in [0.717, 1.165) is 17.0 Å². The highest BCUT2D eigenvalue weighted by molar-refractivity contribution is 5.60. The van der Waals surface area contributed by atoms with Gasteiger partial charge < -0.3 is 18.8 Å². The maximum atomic E-state index is 5.79. The van der Waals surface area contributed by atoms with Crippen LogP contribution in [0, 0.1) is 6.92 Å². The standard InChI is InChI=1S/C18H17N3O3/c1-12-4-3-5-14(8-12)21(2)10-17-19-20-18(24-17)13-6-7-15-16(9-13)23-11-22-15/h3-9H,10-11H2,1-2H3. The second kappa shape index (κ2) is 5.88. The van der Waals surface area contributed by atoms with Crippen molar-refractivity contribution in [2.75, 3.05) is 18.7 Å². The first-order valence-corrected chi connectivity index (χ1v) is 7.69. The molecule has 0 fully saturated rings. The number of rotatable bonds is 4. The van der Waals surface area contributed by atoms with Gasteiger partial charge in [0.25, 0.3) is 0 Å². The summed E-state index contributed by atoms with van der Waals surface area (Å²) in [5.41, 5.74) is 3.14. The maximum Gasteiger partial charge on any atom is 0.247 e. The first kappa shape index (κ1) is 14.6. The fourth-order valence-electron chi connectivity index (χ4n) is 2.62. The molecular formula is C18H17N3O3. The Kier molecular flexibility index (Phi) is 3.57. The molecule has 122 valence electrons. The van der Waals surface area contributed by atoms with E-state index in [9.17, 15) is 0 Å². The van der Waals surface area contributed by atoms with Crippen molar-refractivity contribution in [3.63, 3.8) is 0 Å². The summed E-state index contributed by atoms with van der Waals surface area (Å²) in [4.78, 5) is 2.07. The summed E-state index contributed by atoms with van der Waals surface area (Å²) in [5.74, 6) is 2.47. The van der Waals surface area contributed by atoms with E-state index in [1.165, 1.54) is 5.56 Å². The largest absolute Gasteiger partial charge is 0.454 e. The van der Waals surface area contributed by atoms with Gasteiger partial charge in [-0.1, -0.05) is 12.1 Å². The van der Waals surface area contributed by atoms with Gasteiger partial charge in [0.1, 0.15) is 0 Å². The second-order valence-electron chi connectivity index (χ2n) is 5.76. The van der Waals surface area contributed by atoms with Gasteiger partial charge in [-0.2, -0.15) is 0 Å². The Morgan fingerprint density at radius 1 is 1.04 bits per heavy atom. The number of ether oxygens (including phenoxy) is 2. The molecule has 0 radical (unpaired) electrons. The van der Waals surface area contributed by atoms with Crippen LogP contribution in [0.25, 0.3) is 11.5 Å². The summed E-state index contributed by atoms with van der Waals surface area (Å²) in [5, 5.41) is 8.28. The lowest BCUT2D eigenvalue weighted by Gasteiger charge is -2.17. The van der Waals surface area contributed by atoms with Crippen molar-refractivity contribution in [1.29, 1.82) is 0 Å². The highest BCUT2D eigenvalue weighted by Gasteiger charge is 2.17. The molecule has 1 aliphatic rings. The Bertz CT molecular complexity index is 875. The van der Waals surface area contributed by atoms with Gasteiger partial charge >= 0.3 is 0 Å². The fourth-order valence-corrected chi connectivity index (χ4v) is 2.62. The van der Waals surface area contributed by atoms with Crippen LogP contribution in [-0.2, 0) is 6.54 Å². The van der Waals surface area contributed by atoms with Gasteiger partial charge in [0.05, 0.1) is 6.54 Å². The lowest BCUT2D eigenvalue weighted by molar-refractivity contribution is 0.174. The number of fused-ring (bicyclic) bond motifs is 1. The molecule has 0 N–H and O–H groups in total. The van der Waals surface area contributed by atoms with Gasteiger partial charge in [0, 0.05) is 18.3 Å². The van der Waals surface area contributed by atoms with Crippen LogP contribution in [0.5, 0.6) is 11.5 Å². The predicted octanol–water partition coefficient (Wildman–Crippen LogP) is 3.41. The summed E-state index contributed by atoms with van der Waals surface area (Å²) in [6.45, 7) is 2.86. The molecular weight excluding hydrogens is 306 g/mol. The molecule has 2 heterocycles. The molecule has 3 aromatic rings. The summed E-state index contributed by atoms with van der Waals surface area (Å²) in [7, 11) is 2.00. The molecule has 0 aliphatic carbocycles. The van der Waals surface area contributed by atoms with E-state index < -0.39 is 0 Å². The van der Waals surface area contributed by atoms with Crippen LogP contribution in [0.15, 0.2) is 46.9 Å². The third-order valence-corrected chi connectivity index (χ3v) is 3.90. The van der Waals surface area contributed by atoms with Gasteiger partial charge in [0.15, 0.2) is 11.5 Å². The van der Waals surface area contributed by atoms with Crippen LogP contribution in [-0.4, -0.2) is 24.0 Å². The van der Waals surface area contributed by atoms with Gasteiger partial charge in [-0.15, -0.1) is 10.2 Å². The number of anilines is 1. The van der Waals surface area contributed by atoms with E-state index in [-0.39, 0.29) is 6.79 Å². The van der Waals surface area contributed by atoms with Crippen LogP contribution in [0.4, 0.5) is 5.69 Å². The fraction of sp³-hybridized carbons (Fsp3) is 0.222. The van der Waals surface area contributed by atoms with Crippen LogP contribution < -0.4 is 14.4 Å². The average Bonchev–Trinajstić information content (AvgIpc) is 3.23. The molecule has 0 saturated carbocycles. The van der Waals surface area contributed by atoms with Crippen molar-refractivity contribution in [3.8, 4) is 23.0 Å². The molecule has 0 spiro atoms. The van der Waals surface area contributed by atoms with E-state index in [2.05, 4.69) is 40.2 Å². The Balaban J connectivity index is 1.52. The first-order valence-electron chi connectivity index (χ1n) is 7.69. The van der Waals surface area contributed by atoms with Crippen molar-refractivity contribution >= 4 is 5.69 Å². The second-order valence-corrected chi connectivity index (χ2v) is 5.76. The Morgan fingerprint density at radius 3 is 2.79 bits per heavy atom. The third kappa shape index (κ3) is 2.78. The van der Waals surface area contributed by atoms with E-state index in [0.29, 0.717) is 24.1 Å². The number of hydrogen-bond acceptors (Lipinski definition) is 6. The van der Waals surface area contributed by atoms with Crippen molar-refractivity contribution in [2.24, 2.45) is 0 Å². The molecule has 4 rings (SSSR count). The van der Waals surface area contributed by atoms with E-state index in [1.54, 1.807) is 0 Å². The zero-order valence-corrected chi connectivity index (χ0v) is 13.5. The molecule has 6 nitrogen and oxygen atoms in total. The highest BCUT2D eigenvalue weighted by Crippen LogP contribution is 2.35. The highest BCUT2D eigenvalue weighted by atomic mass is 16.7. The number of nitrogens with zero attached hydrogens (tertiary/aromatic N) is 3. The predicted molar refractivity (Wildman–Crippen MR) is 89.1 cm³/mol. The van der Waals surface area contributed by atoms with E-state index in [1.807, 2.05) is 31.3 Å². The molecule has 0 unspecified atom stereocenters. The van der Waals surface area contributed by atoms with Crippen molar-refractivity contribution < 1.29 is 13.9 Å². The maximum absolute atomic E-state index is 5.79. The van der Waals surface area contributed by atoms with Crippen LogP contribution in [0.3, 0.4) is 0 Å². The molecule has 0 saturated heterocycles. The van der Waals surface area contributed by atoms with Crippen LogP contribution >= 0.6 is 0 Å². The molecule has 0 amide bonds. The minimum atomic E-state index is 0.245. The Labute approximate surface area is 139 Å². The van der Waals surface area contributed by atoms with Gasteiger partial charge in [0.2, 0.25) is 18.6 Å². The number of aromatic nitrogens is 2. The molecule has 24 heavy (non-hydrogen) atoms. The molecule has 2 aromatic carbocycles. The lowest BCUT2D eigenvalue weighted by atomic mass is 10.2. The molecule has 6 heteroatoms. The third-order valence-electron chi connectivity index (χ3n) is 3.90. The summed E-state index contributed by atoms with van der Waals surface area (Å²) in [6, 6.07) is 13.9. The summed E-state index contributed by atoms with van der Waals surface area (Å²) in [6.07, 6.45) is 0. The minimum absolute atomic E-state index is 0.245. The van der Waals surface area contributed by atoms with E-state index in [4.69, 9.17) is 13.9 Å². The normalized spacial score (nSPS) is 12.4. The Hall–Kier alpha value is -3.02. The van der Waals surface area contributed by atoms with Crippen molar-refractivity contribution in [2.45, 2.75) is 13.5 Å². The summed E-state index contributed by atoms with van der Waals surface area (Å²) < 4.78 is 16.5. The van der Waals surface area contributed by atoms with Crippen LogP contribution in [0.2, 0.25) is 0 Å². The van der Waals surface area contributed by atoms with Gasteiger partial charge in [-0.25, -0.2) is 0 Å². The molecule has 1 aliphatic heterocycles. The van der Waals surface area contributed by atoms with E-state index >= 15 is 0 Å². The molecule has 1 aromatic heterocycles. The Morgan fingerprint density at radius 2 is 1.92 bits per heavy atom. The molecule has 0 bridgehead atoms. The van der Waals surface area contributed by atoms with Crippen molar-refractivity contribution in [1.82, 2.24) is 10.2 Å². The first-order chi connectivity index (χ1) is 11.7. The van der Waals surface area contributed by atoms with Crippen molar-refractivity contribution in [3.05, 3.63) is 53.9 Å². The smallest absolute Gasteiger partial charge is 0.247 e. The zero-order chi connectivity index (χ0) is 16.5. The van der Waals surface area contributed by atoms with Crippen LogP contribution in [0.1, 0.15) is 11.5 Å². The SMILES string of the molecule is Cc1cccc(N(C)Cc2nnc(-c3ccc4c(c3)OCO4)o2)c1. The number of benzene rings is 2. The summed E-state index contributed by atoms with van der Waals surface area (Å²) >= 11 is 0. The topological polar surface area (TPSA) is 60.6 Å². The number of hydrogen-bond donors (Lipinski definition) is 0. The van der Waals surface area contributed by atoms with Gasteiger partial charge in [-0.3, -0.25) is 0 Å².